The van der Waals surface area contributed by atoms with Crippen LogP contribution in [0.15, 0.2) is 85.1 Å². The van der Waals surface area contributed by atoms with Crippen LogP contribution >= 0.6 is 0 Å². The SMILES string of the molecule is CC/C=C\C/C=C\C/C=C\C/C=C\C/C=C\C/C=C\C/C=C\CCCCCCCCCC(=O)NC(COC1OC(CO)C(OC2OC(CO)C(OC3OC(CO)C(O)C(O)C3O)C(O)C2O)C(O)C1O)C(O)CCCCCCCCC. The molecule has 12 N–H and O–H groups in total. The lowest BCUT2D eigenvalue weighted by Crippen LogP contribution is -2.66. The number of allylic oxidation sites excluding steroid dienone is 14. The average Bonchev–Trinajstić information content (AvgIpc) is 3.48. The van der Waals surface area contributed by atoms with Gasteiger partial charge < -0.3 is 89.9 Å². The van der Waals surface area contributed by atoms with E-state index in [4.69, 9.17) is 28.4 Å². The van der Waals surface area contributed by atoms with E-state index < -0.39 is 124 Å². The van der Waals surface area contributed by atoms with Crippen LogP contribution in [0.5, 0.6) is 0 Å². The van der Waals surface area contributed by atoms with E-state index in [1.54, 1.807) is 0 Å². The first kappa shape index (κ1) is 72.2. The zero-order valence-corrected chi connectivity index (χ0v) is 48.5. The molecule has 466 valence electrons. The second kappa shape index (κ2) is 44.4. The monoisotopic (exact) mass is 1150 g/mol. The molecule has 3 heterocycles. The van der Waals surface area contributed by atoms with Gasteiger partial charge in [0.15, 0.2) is 18.9 Å². The summed E-state index contributed by atoms with van der Waals surface area (Å²) < 4.78 is 34.2. The quantitative estimate of drug-likeness (QED) is 0.0261. The van der Waals surface area contributed by atoms with E-state index in [1.807, 2.05) is 0 Å². The van der Waals surface area contributed by atoms with E-state index in [0.29, 0.717) is 19.3 Å². The third-order valence-electron chi connectivity index (χ3n) is 14.7. The zero-order chi connectivity index (χ0) is 59.0. The van der Waals surface area contributed by atoms with Crippen molar-refractivity contribution in [1.82, 2.24) is 5.32 Å². The molecule has 3 saturated heterocycles. The van der Waals surface area contributed by atoms with Crippen molar-refractivity contribution < 1.29 is 89.4 Å². The van der Waals surface area contributed by atoms with Crippen LogP contribution in [0, 0.1) is 0 Å². The normalized spacial score (nSPS) is 30.4. The molecule has 3 fully saturated rings. The number of aliphatic hydroxyl groups is 11. The summed E-state index contributed by atoms with van der Waals surface area (Å²) in [6, 6.07) is -0.896. The summed E-state index contributed by atoms with van der Waals surface area (Å²) in [6.07, 6.45) is 27.1. The first-order valence-electron chi connectivity index (χ1n) is 30.3. The van der Waals surface area contributed by atoms with Gasteiger partial charge in [0.2, 0.25) is 5.91 Å². The summed E-state index contributed by atoms with van der Waals surface area (Å²) in [7, 11) is 0. The highest BCUT2D eigenvalue weighted by Gasteiger charge is 2.53. The number of carbonyl (C=O) groups is 1. The van der Waals surface area contributed by atoms with E-state index in [2.05, 4.69) is 104 Å². The maximum atomic E-state index is 13.3. The van der Waals surface area contributed by atoms with Gasteiger partial charge >= 0.3 is 0 Å². The summed E-state index contributed by atoms with van der Waals surface area (Å²) >= 11 is 0. The maximum absolute atomic E-state index is 13.3. The van der Waals surface area contributed by atoms with Crippen molar-refractivity contribution in [3.8, 4) is 0 Å². The Bertz CT molecular complexity index is 1810. The van der Waals surface area contributed by atoms with Crippen LogP contribution in [0.2, 0.25) is 0 Å². The van der Waals surface area contributed by atoms with Crippen LogP contribution < -0.4 is 5.32 Å². The van der Waals surface area contributed by atoms with Crippen LogP contribution in [0.3, 0.4) is 0 Å². The highest BCUT2D eigenvalue weighted by Crippen LogP contribution is 2.33. The van der Waals surface area contributed by atoms with Gasteiger partial charge in [0.05, 0.1) is 38.6 Å². The minimum atomic E-state index is -1.98. The largest absolute Gasteiger partial charge is 0.394 e. The van der Waals surface area contributed by atoms with Gasteiger partial charge in [0.25, 0.3) is 0 Å². The van der Waals surface area contributed by atoms with E-state index in [0.717, 1.165) is 122 Å². The molecule has 3 aliphatic heterocycles. The Morgan fingerprint density at radius 3 is 1.33 bits per heavy atom. The number of unbranched alkanes of at least 4 members (excludes halogenated alkanes) is 13. The molecule has 3 rings (SSSR count). The van der Waals surface area contributed by atoms with Crippen LogP contribution in [-0.4, -0.2) is 193 Å². The summed E-state index contributed by atoms with van der Waals surface area (Å²) in [5.74, 6) is -0.264. The number of nitrogens with one attached hydrogen (secondary N) is 1. The second-order valence-electron chi connectivity index (χ2n) is 21.4. The summed E-state index contributed by atoms with van der Waals surface area (Å²) in [5, 5.41) is 120. The van der Waals surface area contributed by atoms with E-state index in [9.17, 15) is 61.0 Å². The minimum Gasteiger partial charge on any atom is -0.394 e. The van der Waals surface area contributed by atoms with Crippen molar-refractivity contribution in [1.29, 1.82) is 0 Å². The first-order chi connectivity index (χ1) is 39.3. The van der Waals surface area contributed by atoms with Crippen molar-refractivity contribution in [3.05, 3.63) is 85.1 Å². The molecule has 1 amide bonds. The Morgan fingerprint density at radius 1 is 0.457 bits per heavy atom. The molecule has 3 aliphatic rings. The fourth-order valence-corrected chi connectivity index (χ4v) is 9.76. The Morgan fingerprint density at radius 2 is 0.852 bits per heavy atom. The van der Waals surface area contributed by atoms with Crippen molar-refractivity contribution >= 4 is 5.91 Å². The molecule has 0 aliphatic carbocycles. The van der Waals surface area contributed by atoms with Gasteiger partial charge in [-0.2, -0.15) is 0 Å². The lowest BCUT2D eigenvalue weighted by Gasteiger charge is -2.48. The van der Waals surface area contributed by atoms with Crippen molar-refractivity contribution in [2.75, 3.05) is 26.4 Å². The van der Waals surface area contributed by atoms with E-state index in [-0.39, 0.29) is 18.9 Å². The summed E-state index contributed by atoms with van der Waals surface area (Å²) in [4.78, 5) is 13.3. The van der Waals surface area contributed by atoms with Gasteiger partial charge in [0.1, 0.15) is 73.2 Å². The molecule has 0 aromatic rings. The number of amides is 1. The molecule has 0 saturated carbocycles. The average molecular weight is 1150 g/mol. The van der Waals surface area contributed by atoms with Gasteiger partial charge in [-0.25, -0.2) is 0 Å². The van der Waals surface area contributed by atoms with Gasteiger partial charge in [-0.3, -0.25) is 4.79 Å². The van der Waals surface area contributed by atoms with Crippen molar-refractivity contribution in [2.24, 2.45) is 0 Å². The molecule has 0 aromatic carbocycles. The molecule has 81 heavy (non-hydrogen) atoms. The van der Waals surface area contributed by atoms with Crippen molar-refractivity contribution in [2.45, 2.75) is 272 Å². The second-order valence-corrected chi connectivity index (χ2v) is 21.4. The first-order valence-corrected chi connectivity index (χ1v) is 30.3. The van der Waals surface area contributed by atoms with Crippen molar-refractivity contribution in [3.63, 3.8) is 0 Å². The fraction of sp³-hybridized carbons (Fsp3) is 0.758. The van der Waals surface area contributed by atoms with Gasteiger partial charge in [-0.15, -0.1) is 0 Å². The Labute approximate surface area is 482 Å². The zero-order valence-electron chi connectivity index (χ0n) is 48.5. The van der Waals surface area contributed by atoms with E-state index >= 15 is 0 Å². The number of hydrogen-bond donors (Lipinski definition) is 12. The number of aliphatic hydroxyl groups excluding tert-OH is 11. The molecule has 0 aromatic heterocycles. The van der Waals surface area contributed by atoms with Crippen LogP contribution in [-0.2, 0) is 33.2 Å². The molecule has 17 unspecified atom stereocenters. The summed E-state index contributed by atoms with van der Waals surface area (Å²) in [5.41, 5.74) is 0. The molecule has 19 heteroatoms. The molecule has 0 bridgehead atoms. The van der Waals surface area contributed by atoms with Gasteiger partial charge in [-0.1, -0.05) is 176 Å². The molecular formula is C62H105NO18. The van der Waals surface area contributed by atoms with Gasteiger partial charge in [0, 0.05) is 6.42 Å². The predicted molar refractivity (Wildman–Crippen MR) is 309 cm³/mol. The molecule has 0 spiro atoms. The topological polar surface area (TPSA) is 307 Å². The minimum absolute atomic E-state index is 0.247. The number of rotatable bonds is 43. The Balaban J connectivity index is 1.39. The number of hydrogen-bond acceptors (Lipinski definition) is 18. The molecule has 19 nitrogen and oxygen atoms in total. The Kier molecular flexibility index (Phi) is 39.6. The van der Waals surface area contributed by atoms with E-state index in [1.165, 1.54) is 6.42 Å². The smallest absolute Gasteiger partial charge is 0.220 e. The third kappa shape index (κ3) is 28.1. The highest BCUT2D eigenvalue weighted by atomic mass is 16.8. The summed E-state index contributed by atoms with van der Waals surface area (Å²) in [6.45, 7) is 1.57. The fourth-order valence-electron chi connectivity index (χ4n) is 9.76. The molecular weight excluding hydrogens is 1050 g/mol. The number of carbonyl (C=O) groups excluding carboxylic acids is 1. The van der Waals surface area contributed by atoms with Gasteiger partial charge in [-0.05, 0) is 70.6 Å². The third-order valence-corrected chi connectivity index (χ3v) is 14.7. The van der Waals surface area contributed by atoms with Crippen LogP contribution in [0.1, 0.15) is 168 Å². The highest BCUT2D eigenvalue weighted by molar-refractivity contribution is 5.76. The maximum Gasteiger partial charge on any atom is 0.220 e. The van der Waals surface area contributed by atoms with Crippen LogP contribution in [0.25, 0.3) is 0 Å². The van der Waals surface area contributed by atoms with Crippen LogP contribution in [0.4, 0.5) is 0 Å². The lowest BCUT2D eigenvalue weighted by molar-refractivity contribution is -0.379. The Hall–Kier alpha value is -3.03. The number of ether oxygens (including phenoxy) is 6. The standard InChI is InChI=1S/C62H105NO18/c1-3-5-7-9-11-12-13-14-15-16-17-18-19-20-21-22-23-24-25-26-27-28-29-30-31-32-34-36-38-40-50(68)63-45(46(67)39-37-35-33-10-8-6-4-2)44-76-60-56(74)53(71)58(48(42-65)78-60)81-62-57(75)54(72)59(49(43-66)79-62)80-61-55(73)52(70)51(69)47(41-64)77-61/h5,7,11-12,14-15,17-18,20-21,23-24,26-27,45-49,51-62,64-67,69-75H,3-4,6,8-10,13,16,19,22,25,28-44H2,1-2H3,(H,63,68)/b7-5-,12-11-,15-14-,18-17-,21-20-,24-23-,27-26-. The molecule has 0 radical (unpaired) electrons. The molecule has 17 atom stereocenters. The lowest BCUT2D eigenvalue weighted by atomic mass is 9.96. The predicted octanol–water partition coefficient (Wildman–Crippen LogP) is 5.59.